The molecule has 0 saturated heterocycles. The van der Waals surface area contributed by atoms with Gasteiger partial charge in [-0.3, -0.25) is 4.72 Å². The summed E-state index contributed by atoms with van der Waals surface area (Å²) in [5, 5.41) is 4.98. The largest absolute Gasteiger partial charge is 0.280 e. The minimum Gasteiger partial charge on any atom is -0.280 e. The first-order chi connectivity index (χ1) is 11.1. The summed E-state index contributed by atoms with van der Waals surface area (Å²) < 4.78 is 49.3. The minimum absolute atomic E-state index is 0.167. The molecular weight excluding hydrogens is 348 g/mol. The van der Waals surface area contributed by atoms with Crippen molar-refractivity contribution in [1.82, 2.24) is 0 Å². The molecule has 0 aliphatic heterocycles. The van der Waals surface area contributed by atoms with Crippen LogP contribution in [0.2, 0.25) is 0 Å². The van der Waals surface area contributed by atoms with Gasteiger partial charge in [0.25, 0.3) is 10.0 Å². The molecule has 0 unspecified atom stereocenters. The Kier molecular flexibility index (Phi) is 5.32. The van der Waals surface area contributed by atoms with Crippen LogP contribution in [0.15, 0.2) is 53.4 Å². The third kappa shape index (κ3) is 5.05. The molecule has 2 aromatic carbocycles. The molecule has 0 fully saturated rings. The Morgan fingerprint density at radius 2 is 1.46 bits per heavy atom. The van der Waals surface area contributed by atoms with Gasteiger partial charge in [-0.25, -0.2) is 22.0 Å². The van der Waals surface area contributed by atoms with Crippen LogP contribution in [0.4, 0.5) is 5.69 Å². The molecule has 8 heteroatoms. The van der Waals surface area contributed by atoms with Crippen LogP contribution in [-0.4, -0.2) is 16.8 Å². The summed E-state index contributed by atoms with van der Waals surface area (Å²) in [5.74, 6) is 0.0255. The summed E-state index contributed by atoms with van der Waals surface area (Å²) in [7, 11) is -7.31. The fourth-order valence-electron chi connectivity index (χ4n) is 2.15. The van der Waals surface area contributed by atoms with E-state index in [1.165, 1.54) is 24.3 Å². The highest BCUT2D eigenvalue weighted by Gasteiger charge is 2.14. The van der Waals surface area contributed by atoms with Crippen molar-refractivity contribution in [2.45, 2.75) is 30.4 Å². The van der Waals surface area contributed by atoms with Crippen LogP contribution in [0.1, 0.15) is 30.9 Å². The molecule has 0 radical (unpaired) electrons. The highest BCUT2D eigenvalue weighted by atomic mass is 32.2. The van der Waals surface area contributed by atoms with Gasteiger partial charge in [0.15, 0.2) is 0 Å². The summed E-state index contributed by atoms with van der Waals surface area (Å²) in [6.45, 7) is 4.07. The van der Waals surface area contributed by atoms with E-state index in [9.17, 15) is 16.8 Å². The Balaban J connectivity index is 2.17. The van der Waals surface area contributed by atoms with Crippen molar-refractivity contribution in [1.29, 1.82) is 0 Å². The number of primary sulfonamides is 1. The number of nitrogens with one attached hydrogen (secondary N) is 1. The quantitative estimate of drug-likeness (QED) is 0.816. The van der Waals surface area contributed by atoms with Crippen molar-refractivity contribution in [3.05, 3.63) is 59.7 Å². The van der Waals surface area contributed by atoms with Gasteiger partial charge in [-0.2, -0.15) is 0 Å². The summed E-state index contributed by atoms with van der Waals surface area (Å²) in [6, 6.07) is 12.7. The van der Waals surface area contributed by atoms with E-state index in [0.29, 0.717) is 17.2 Å². The molecule has 130 valence electrons. The molecule has 0 aliphatic carbocycles. The van der Waals surface area contributed by atoms with Crippen LogP contribution < -0.4 is 9.86 Å². The molecule has 0 saturated carbocycles. The van der Waals surface area contributed by atoms with Crippen LogP contribution in [0.5, 0.6) is 0 Å². The summed E-state index contributed by atoms with van der Waals surface area (Å²) >= 11 is 0. The number of nitrogens with two attached hydrogens (primary N) is 1. The predicted octanol–water partition coefficient (Wildman–Crippen LogP) is 2.40. The number of rotatable bonds is 6. The van der Waals surface area contributed by atoms with Gasteiger partial charge in [-0.05, 0) is 41.3 Å². The van der Waals surface area contributed by atoms with Crippen LogP contribution in [-0.2, 0) is 25.8 Å². The molecule has 0 aromatic heterocycles. The van der Waals surface area contributed by atoms with Gasteiger partial charge >= 0.3 is 0 Å². The highest BCUT2D eigenvalue weighted by molar-refractivity contribution is 7.92. The summed E-state index contributed by atoms with van der Waals surface area (Å²) in [5.41, 5.74) is 1.89. The zero-order valence-corrected chi connectivity index (χ0v) is 15.1. The van der Waals surface area contributed by atoms with Crippen LogP contribution >= 0.6 is 0 Å². The van der Waals surface area contributed by atoms with Crippen LogP contribution in [0.3, 0.4) is 0 Å². The maximum Gasteiger partial charge on any atom is 0.261 e. The van der Waals surface area contributed by atoms with E-state index in [1.807, 2.05) is 13.8 Å². The Hall–Kier alpha value is -1.90. The molecule has 24 heavy (non-hydrogen) atoms. The molecular formula is C16H20N2O4S2. The van der Waals surface area contributed by atoms with Crippen molar-refractivity contribution in [2.75, 3.05) is 4.72 Å². The SMILES string of the molecule is CC(C)c1ccc(S(=O)(=O)Nc2ccc(CS(N)(=O)=O)cc2)cc1. The van der Waals surface area contributed by atoms with Gasteiger partial charge in [-0.1, -0.05) is 38.1 Å². The Morgan fingerprint density at radius 1 is 0.917 bits per heavy atom. The van der Waals surface area contributed by atoms with Gasteiger partial charge in [0, 0.05) is 5.69 Å². The third-order valence-corrected chi connectivity index (χ3v) is 5.56. The fourth-order valence-corrected chi connectivity index (χ4v) is 3.86. The number of hydrogen-bond acceptors (Lipinski definition) is 4. The van der Waals surface area contributed by atoms with E-state index in [4.69, 9.17) is 5.14 Å². The fraction of sp³-hybridized carbons (Fsp3) is 0.250. The van der Waals surface area contributed by atoms with Crippen molar-refractivity contribution in [3.63, 3.8) is 0 Å². The molecule has 3 N–H and O–H groups in total. The van der Waals surface area contributed by atoms with E-state index in [-0.39, 0.29) is 10.6 Å². The molecule has 0 atom stereocenters. The van der Waals surface area contributed by atoms with Crippen LogP contribution in [0, 0.1) is 0 Å². The molecule has 2 aromatic rings. The first-order valence-corrected chi connectivity index (χ1v) is 10.5. The normalized spacial score (nSPS) is 12.3. The molecule has 2 rings (SSSR count). The van der Waals surface area contributed by atoms with Gasteiger partial charge < -0.3 is 0 Å². The number of benzene rings is 2. The van der Waals surface area contributed by atoms with Crippen molar-refractivity contribution >= 4 is 25.7 Å². The number of hydrogen-bond donors (Lipinski definition) is 2. The Morgan fingerprint density at radius 3 is 1.92 bits per heavy atom. The van der Waals surface area contributed by atoms with E-state index >= 15 is 0 Å². The van der Waals surface area contributed by atoms with Gasteiger partial charge in [0.2, 0.25) is 10.0 Å². The first kappa shape index (κ1) is 18.4. The topological polar surface area (TPSA) is 106 Å². The third-order valence-electron chi connectivity index (χ3n) is 3.43. The lowest BCUT2D eigenvalue weighted by Gasteiger charge is -2.10. The summed E-state index contributed by atoms with van der Waals surface area (Å²) in [6.07, 6.45) is 0. The molecule has 0 aliphatic rings. The standard InChI is InChI=1S/C16H20N2O4S2/c1-12(2)14-5-9-16(10-6-14)24(21,22)18-15-7-3-13(4-8-15)11-23(17,19)20/h3-10,12,18H,11H2,1-2H3,(H2,17,19,20). The molecule has 6 nitrogen and oxygen atoms in total. The predicted molar refractivity (Wildman–Crippen MR) is 94.6 cm³/mol. The Labute approximate surface area is 142 Å². The molecule has 0 amide bonds. The van der Waals surface area contributed by atoms with Crippen molar-refractivity contribution < 1.29 is 16.8 Å². The number of anilines is 1. The second-order valence-electron chi connectivity index (χ2n) is 5.83. The van der Waals surface area contributed by atoms with E-state index in [1.54, 1.807) is 24.3 Å². The minimum atomic E-state index is -3.70. The van der Waals surface area contributed by atoms with E-state index in [0.717, 1.165) is 5.56 Å². The average molecular weight is 368 g/mol. The van der Waals surface area contributed by atoms with E-state index < -0.39 is 20.0 Å². The Bertz CT molecular complexity index is 902. The maximum absolute atomic E-state index is 12.4. The maximum atomic E-state index is 12.4. The lowest BCUT2D eigenvalue weighted by molar-refractivity contribution is 0.596. The lowest BCUT2D eigenvalue weighted by Crippen LogP contribution is -2.15. The first-order valence-electron chi connectivity index (χ1n) is 7.29. The second-order valence-corrected chi connectivity index (χ2v) is 9.13. The monoisotopic (exact) mass is 368 g/mol. The van der Waals surface area contributed by atoms with Gasteiger partial charge in [0.05, 0.1) is 10.6 Å². The second kappa shape index (κ2) is 6.92. The zero-order valence-electron chi connectivity index (χ0n) is 13.4. The van der Waals surface area contributed by atoms with E-state index in [2.05, 4.69) is 4.72 Å². The molecule has 0 heterocycles. The average Bonchev–Trinajstić information content (AvgIpc) is 2.47. The van der Waals surface area contributed by atoms with Crippen molar-refractivity contribution in [2.24, 2.45) is 5.14 Å². The van der Waals surface area contributed by atoms with Crippen molar-refractivity contribution in [3.8, 4) is 0 Å². The zero-order chi connectivity index (χ0) is 18.0. The van der Waals surface area contributed by atoms with Gasteiger partial charge in [0.1, 0.15) is 0 Å². The highest BCUT2D eigenvalue weighted by Crippen LogP contribution is 2.20. The smallest absolute Gasteiger partial charge is 0.261 e. The number of sulfonamides is 2. The molecule has 0 bridgehead atoms. The summed E-state index contributed by atoms with van der Waals surface area (Å²) in [4.78, 5) is 0.167. The lowest BCUT2D eigenvalue weighted by atomic mass is 10.0. The van der Waals surface area contributed by atoms with Gasteiger partial charge in [-0.15, -0.1) is 0 Å². The van der Waals surface area contributed by atoms with Crippen LogP contribution in [0.25, 0.3) is 0 Å². The molecule has 0 spiro atoms.